The number of rotatable bonds is 5. The first-order valence-electron chi connectivity index (χ1n) is 8.10. The van der Waals surface area contributed by atoms with E-state index in [1.54, 1.807) is 0 Å². The Morgan fingerprint density at radius 1 is 1.15 bits per heavy atom. The largest absolute Gasteiger partial charge is 0.324 e. The van der Waals surface area contributed by atoms with Crippen LogP contribution >= 0.6 is 0 Å². The molecule has 0 aromatic heterocycles. The number of benzene rings is 1. The third-order valence-electron chi connectivity index (χ3n) is 4.65. The average molecular weight is 274 g/mol. The van der Waals surface area contributed by atoms with Gasteiger partial charge in [0.05, 0.1) is 0 Å². The van der Waals surface area contributed by atoms with Crippen LogP contribution in [0.1, 0.15) is 57.6 Å². The molecule has 2 N–H and O–H groups in total. The molecule has 1 aliphatic heterocycles. The molecule has 0 amide bonds. The van der Waals surface area contributed by atoms with Gasteiger partial charge >= 0.3 is 0 Å². The minimum atomic E-state index is 0.194. The molecule has 1 aliphatic rings. The maximum atomic E-state index is 6.27. The van der Waals surface area contributed by atoms with Crippen molar-refractivity contribution in [1.82, 2.24) is 4.90 Å². The fraction of sp³-hybridized carbons (Fsp3) is 0.667. The Bertz CT molecular complexity index is 386. The van der Waals surface area contributed by atoms with Crippen LogP contribution in [-0.2, 0) is 0 Å². The molecule has 0 aliphatic carbocycles. The fourth-order valence-corrected chi connectivity index (χ4v) is 3.10. The van der Waals surface area contributed by atoms with Crippen molar-refractivity contribution in [2.45, 2.75) is 52.0 Å². The molecule has 1 fully saturated rings. The first-order chi connectivity index (χ1) is 9.57. The summed E-state index contributed by atoms with van der Waals surface area (Å²) in [5, 5.41) is 0. The lowest BCUT2D eigenvalue weighted by Crippen LogP contribution is -2.27. The third-order valence-corrected chi connectivity index (χ3v) is 4.65. The van der Waals surface area contributed by atoms with E-state index in [1.165, 1.54) is 50.9 Å². The first-order valence-corrected chi connectivity index (χ1v) is 8.10. The van der Waals surface area contributed by atoms with Crippen molar-refractivity contribution >= 4 is 0 Å². The van der Waals surface area contributed by atoms with Gasteiger partial charge in [0.1, 0.15) is 0 Å². The van der Waals surface area contributed by atoms with Gasteiger partial charge in [-0.25, -0.2) is 0 Å². The van der Waals surface area contributed by atoms with Crippen molar-refractivity contribution in [3.8, 4) is 0 Å². The zero-order chi connectivity index (χ0) is 14.4. The summed E-state index contributed by atoms with van der Waals surface area (Å²) in [6.45, 7) is 8.54. The maximum Gasteiger partial charge on any atom is 0.0295 e. The maximum absolute atomic E-state index is 6.27. The normalized spacial score (nSPS) is 21.4. The van der Waals surface area contributed by atoms with Crippen LogP contribution in [0.4, 0.5) is 0 Å². The summed E-state index contributed by atoms with van der Waals surface area (Å²) in [6, 6.07) is 10.7. The third kappa shape index (κ3) is 4.92. The van der Waals surface area contributed by atoms with Crippen LogP contribution in [0.15, 0.2) is 30.3 Å². The van der Waals surface area contributed by atoms with Gasteiger partial charge in [0.15, 0.2) is 0 Å². The topological polar surface area (TPSA) is 29.3 Å². The quantitative estimate of drug-likeness (QED) is 0.880. The van der Waals surface area contributed by atoms with Crippen LogP contribution in [0.5, 0.6) is 0 Å². The molecule has 1 saturated heterocycles. The minimum absolute atomic E-state index is 0.194. The predicted octanol–water partition coefficient (Wildman–Crippen LogP) is 3.98. The Morgan fingerprint density at radius 3 is 2.65 bits per heavy atom. The molecule has 2 rings (SSSR count). The molecular formula is C18H30N2. The van der Waals surface area contributed by atoms with Crippen molar-refractivity contribution in [2.24, 2.45) is 11.1 Å². The monoisotopic (exact) mass is 274 g/mol. The molecule has 0 saturated carbocycles. The molecule has 0 radical (unpaired) electrons. The molecule has 20 heavy (non-hydrogen) atoms. The molecule has 0 spiro atoms. The highest BCUT2D eigenvalue weighted by molar-refractivity contribution is 5.18. The molecule has 1 atom stereocenters. The zero-order valence-corrected chi connectivity index (χ0v) is 13.1. The van der Waals surface area contributed by atoms with Crippen LogP contribution in [0.25, 0.3) is 0 Å². The van der Waals surface area contributed by atoms with E-state index in [0.29, 0.717) is 5.41 Å². The van der Waals surface area contributed by atoms with Crippen molar-refractivity contribution in [1.29, 1.82) is 0 Å². The second kappa shape index (κ2) is 7.24. The Labute approximate surface area is 124 Å². The molecule has 1 unspecified atom stereocenters. The van der Waals surface area contributed by atoms with E-state index in [0.717, 1.165) is 6.42 Å². The van der Waals surface area contributed by atoms with E-state index in [2.05, 4.69) is 49.1 Å². The standard InChI is InChI=1S/C18H30N2/c1-18(2)11-7-14-20(15-12-18)13-6-10-17(19)16-8-4-3-5-9-16/h3-5,8-9,17H,6-7,10-15,19H2,1-2H3. The highest BCUT2D eigenvalue weighted by atomic mass is 15.1. The van der Waals surface area contributed by atoms with Gasteiger partial charge in [-0.05, 0) is 62.7 Å². The molecule has 2 nitrogen and oxygen atoms in total. The van der Waals surface area contributed by atoms with Gasteiger partial charge in [-0.1, -0.05) is 44.2 Å². The molecule has 112 valence electrons. The summed E-state index contributed by atoms with van der Waals surface area (Å²) >= 11 is 0. The fourth-order valence-electron chi connectivity index (χ4n) is 3.10. The van der Waals surface area contributed by atoms with Crippen molar-refractivity contribution in [2.75, 3.05) is 19.6 Å². The summed E-state index contributed by atoms with van der Waals surface area (Å²) in [5.74, 6) is 0. The lowest BCUT2D eigenvalue weighted by atomic mass is 9.85. The molecular weight excluding hydrogens is 244 g/mol. The van der Waals surface area contributed by atoms with E-state index < -0.39 is 0 Å². The molecule has 1 aromatic rings. The van der Waals surface area contributed by atoms with E-state index in [9.17, 15) is 0 Å². The Kier molecular flexibility index (Phi) is 5.62. The SMILES string of the molecule is CC1(C)CCCN(CCCC(N)c2ccccc2)CC1. The molecule has 1 heterocycles. The minimum Gasteiger partial charge on any atom is -0.324 e. The summed E-state index contributed by atoms with van der Waals surface area (Å²) in [4.78, 5) is 2.63. The van der Waals surface area contributed by atoms with Gasteiger partial charge in [0.25, 0.3) is 0 Å². The summed E-state index contributed by atoms with van der Waals surface area (Å²) in [5.41, 5.74) is 8.07. The number of nitrogens with zero attached hydrogens (tertiary/aromatic N) is 1. The van der Waals surface area contributed by atoms with E-state index in [4.69, 9.17) is 5.73 Å². The summed E-state index contributed by atoms with van der Waals surface area (Å²) in [6.07, 6.45) is 6.34. The number of nitrogens with two attached hydrogens (primary N) is 1. The Morgan fingerprint density at radius 2 is 1.90 bits per heavy atom. The van der Waals surface area contributed by atoms with Crippen molar-refractivity contribution in [3.63, 3.8) is 0 Å². The van der Waals surface area contributed by atoms with Crippen LogP contribution in [0.2, 0.25) is 0 Å². The smallest absolute Gasteiger partial charge is 0.0295 e. The van der Waals surface area contributed by atoms with Gasteiger partial charge in [-0.2, -0.15) is 0 Å². The number of hydrogen-bond donors (Lipinski definition) is 1. The highest BCUT2D eigenvalue weighted by Gasteiger charge is 2.22. The Hall–Kier alpha value is -0.860. The number of likely N-dealkylation sites (tertiary alicyclic amines) is 1. The summed E-state index contributed by atoms with van der Waals surface area (Å²) in [7, 11) is 0. The van der Waals surface area contributed by atoms with Crippen LogP contribution in [-0.4, -0.2) is 24.5 Å². The van der Waals surface area contributed by atoms with E-state index in [-0.39, 0.29) is 6.04 Å². The second-order valence-electron chi connectivity index (χ2n) is 7.02. The van der Waals surface area contributed by atoms with Crippen molar-refractivity contribution < 1.29 is 0 Å². The zero-order valence-electron chi connectivity index (χ0n) is 13.1. The van der Waals surface area contributed by atoms with Crippen LogP contribution in [0, 0.1) is 5.41 Å². The molecule has 2 heteroatoms. The van der Waals surface area contributed by atoms with E-state index in [1.807, 2.05) is 0 Å². The van der Waals surface area contributed by atoms with Gasteiger partial charge < -0.3 is 10.6 Å². The lowest BCUT2D eigenvalue weighted by molar-refractivity contribution is 0.256. The second-order valence-corrected chi connectivity index (χ2v) is 7.02. The average Bonchev–Trinajstić information content (AvgIpc) is 2.61. The first kappa shape index (κ1) is 15.5. The Balaban J connectivity index is 1.71. The number of hydrogen-bond acceptors (Lipinski definition) is 2. The van der Waals surface area contributed by atoms with Gasteiger partial charge in [0, 0.05) is 6.04 Å². The van der Waals surface area contributed by atoms with Gasteiger partial charge in [0.2, 0.25) is 0 Å². The van der Waals surface area contributed by atoms with Gasteiger partial charge in [-0.3, -0.25) is 0 Å². The van der Waals surface area contributed by atoms with Crippen molar-refractivity contribution in [3.05, 3.63) is 35.9 Å². The molecule has 0 bridgehead atoms. The molecule has 1 aromatic carbocycles. The van der Waals surface area contributed by atoms with E-state index >= 15 is 0 Å². The van der Waals surface area contributed by atoms with Gasteiger partial charge in [-0.15, -0.1) is 0 Å². The van der Waals surface area contributed by atoms with Crippen LogP contribution < -0.4 is 5.73 Å². The summed E-state index contributed by atoms with van der Waals surface area (Å²) < 4.78 is 0. The van der Waals surface area contributed by atoms with Crippen LogP contribution in [0.3, 0.4) is 0 Å². The highest BCUT2D eigenvalue weighted by Crippen LogP contribution is 2.29. The lowest BCUT2D eigenvalue weighted by Gasteiger charge is -2.23. The predicted molar refractivity (Wildman–Crippen MR) is 86.7 cm³/mol.